The number of ether oxygens (including phenoxy) is 2. The molecular formula is C22H18F2N2O4. The number of halogens is 2. The summed E-state index contributed by atoms with van der Waals surface area (Å²) in [6.45, 7) is 3.41. The van der Waals surface area contributed by atoms with Crippen LogP contribution in [0.2, 0.25) is 0 Å². The van der Waals surface area contributed by atoms with Crippen LogP contribution < -0.4 is 20.3 Å². The predicted octanol–water partition coefficient (Wildman–Crippen LogP) is 4.26. The third kappa shape index (κ3) is 4.38. The molecule has 0 spiro atoms. The summed E-state index contributed by atoms with van der Waals surface area (Å²) < 4.78 is 39.7. The Labute approximate surface area is 171 Å². The number of rotatable bonds is 6. The first kappa shape index (κ1) is 20.8. The van der Waals surface area contributed by atoms with Crippen LogP contribution in [0.1, 0.15) is 0 Å². The average Bonchev–Trinajstić information content (AvgIpc) is 2.72. The van der Waals surface area contributed by atoms with Gasteiger partial charge >= 0.3 is 0 Å². The van der Waals surface area contributed by atoms with E-state index in [1.54, 1.807) is 19.2 Å². The monoisotopic (exact) mass is 412 g/mol. The van der Waals surface area contributed by atoms with Crippen LogP contribution in [-0.2, 0) is 11.8 Å². The molecule has 1 aromatic heterocycles. The highest BCUT2D eigenvalue weighted by atomic mass is 19.1. The van der Waals surface area contributed by atoms with E-state index >= 15 is 0 Å². The Balaban J connectivity index is 2.18. The summed E-state index contributed by atoms with van der Waals surface area (Å²) in [5, 5.41) is 2.63. The molecule has 1 amide bonds. The molecule has 0 bridgehead atoms. The maximum absolute atomic E-state index is 14.1. The van der Waals surface area contributed by atoms with Crippen molar-refractivity contribution >= 4 is 11.6 Å². The molecule has 0 fully saturated rings. The van der Waals surface area contributed by atoms with Gasteiger partial charge in [-0.25, -0.2) is 8.78 Å². The van der Waals surface area contributed by atoms with Crippen molar-refractivity contribution in [1.29, 1.82) is 0 Å². The lowest BCUT2D eigenvalue weighted by atomic mass is 10.0. The molecule has 0 radical (unpaired) electrons. The molecule has 0 unspecified atom stereocenters. The first-order valence-corrected chi connectivity index (χ1v) is 8.77. The van der Waals surface area contributed by atoms with Gasteiger partial charge in [0.05, 0.1) is 7.11 Å². The SMILES string of the molecule is C=CC(=O)Nc1ccc(Oc2ccc(F)cc2F)c(-c2cn(C)c(=O)cc2OC)c1. The Hall–Kier alpha value is -3.94. The van der Waals surface area contributed by atoms with E-state index in [0.29, 0.717) is 22.9 Å². The quantitative estimate of drug-likeness (QED) is 0.615. The lowest BCUT2D eigenvalue weighted by molar-refractivity contribution is -0.111. The first-order chi connectivity index (χ1) is 14.3. The smallest absolute Gasteiger partial charge is 0.254 e. The van der Waals surface area contributed by atoms with Crippen LogP contribution in [0.3, 0.4) is 0 Å². The lowest BCUT2D eigenvalue weighted by Gasteiger charge is -2.16. The summed E-state index contributed by atoms with van der Waals surface area (Å²) in [5.41, 5.74) is 0.997. The fraction of sp³-hybridized carbons (Fsp3) is 0.0909. The first-order valence-electron chi connectivity index (χ1n) is 8.77. The molecule has 1 N–H and O–H groups in total. The van der Waals surface area contributed by atoms with E-state index in [0.717, 1.165) is 12.1 Å². The fourth-order valence-electron chi connectivity index (χ4n) is 2.76. The summed E-state index contributed by atoms with van der Waals surface area (Å²) >= 11 is 0. The van der Waals surface area contributed by atoms with Crippen molar-refractivity contribution in [2.45, 2.75) is 0 Å². The molecule has 30 heavy (non-hydrogen) atoms. The van der Waals surface area contributed by atoms with Crippen LogP contribution in [0.4, 0.5) is 14.5 Å². The molecule has 0 atom stereocenters. The van der Waals surface area contributed by atoms with E-state index in [4.69, 9.17) is 9.47 Å². The third-order valence-electron chi connectivity index (χ3n) is 4.25. The van der Waals surface area contributed by atoms with Gasteiger partial charge in [-0.3, -0.25) is 9.59 Å². The van der Waals surface area contributed by atoms with Gasteiger partial charge in [0.2, 0.25) is 5.91 Å². The Morgan fingerprint density at radius 1 is 1.07 bits per heavy atom. The Morgan fingerprint density at radius 3 is 2.47 bits per heavy atom. The van der Waals surface area contributed by atoms with Gasteiger partial charge in [-0.2, -0.15) is 0 Å². The molecular weight excluding hydrogens is 394 g/mol. The van der Waals surface area contributed by atoms with Gasteiger partial charge in [0.1, 0.15) is 17.3 Å². The molecule has 3 rings (SSSR count). The maximum Gasteiger partial charge on any atom is 0.254 e. The number of carbonyl (C=O) groups is 1. The summed E-state index contributed by atoms with van der Waals surface area (Å²) in [7, 11) is 2.97. The molecule has 1 heterocycles. The van der Waals surface area contributed by atoms with Crippen LogP contribution in [-0.4, -0.2) is 17.6 Å². The van der Waals surface area contributed by atoms with Gasteiger partial charge in [-0.15, -0.1) is 0 Å². The summed E-state index contributed by atoms with van der Waals surface area (Å²) in [6, 6.07) is 8.90. The number of amides is 1. The van der Waals surface area contributed by atoms with Crippen LogP contribution in [0.15, 0.2) is 66.1 Å². The van der Waals surface area contributed by atoms with E-state index in [1.807, 2.05) is 0 Å². The summed E-state index contributed by atoms with van der Waals surface area (Å²) in [6.07, 6.45) is 2.65. The van der Waals surface area contributed by atoms with Crippen LogP contribution in [0, 0.1) is 11.6 Å². The molecule has 3 aromatic rings. The van der Waals surface area contributed by atoms with Crippen molar-refractivity contribution in [2.24, 2.45) is 7.05 Å². The van der Waals surface area contributed by atoms with Crippen molar-refractivity contribution in [2.75, 3.05) is 12.4 Å². The zero-order valence-corrected chi connectivity index (χ0v) is 16.2. The molecule has 154 valence electrons. The average molecular weight is 412 g/mol. The topological polar surface area (TPSA) is 69.6 Å². The lowest BCUT2D eigenvalue weighted by Crippen LogP contribution is -2.15. The van der Waals surface area contributed by atoms with Crippen LogP contribution >= 0.6 is 0 Å². The highest BCUT2D eigenvalue weighted by Gasteiger charge is 2.17. The van der Waals surface area contributed by atoms with E-state index in [2.05, 4.69) is 11.9 Å². The van der Waals surface area contributed by atoms with E-state index in [-0.39, 0.29) is 22.8 Å². The summed E-state index contributed by atoms with van der Waals surface area (Å²) in [4.78, 5) is 23.7. The number of anilines is 1. The Bertz CT molecular complexity index is 1190. The molecule has 0 aliphatic heterocycles. The minimum Gasteiger partial charge on any atom is -0.496 e. The number of aromatic nitrogens is 1. The fourth-order valence-corrected chi connectivity index (χ4v) is 2.76. The molecule has 0 aliphatic carbocycles. The molecule has 0 saturated heterocycles. The second-order valence-electron chi connectivity index (χ2n) is 6.29. The molecule has 6 nitrogen and oxygen atoms in total. The second kappa shape index (κ2) is 8.60. The van der Waals surface area contributed by atoms with Gasteiger partial charge in [0.25, 0.3) is 5.56 Å². The number of nitrogens with one attached hydrogen (secondary N) is 1. The van der Waals surface area contributed by atoms with Crippen molar-refractivity contribution in [1.82, 2.24) is 4.57 Å². The summed E-state index contributed by atoms with van der Waals surface area (Å²) in [5.74, 6) is -1.76. The van der Waals surface area contributed by atoms with Crippen molar-refractivity contribution in [3.8, 4) is 28.4 Å². The van der Waals surface area contributed by atoms with Crippen LogP contribution in [0.25, 0.3) is 11.1 Å². The number of hydrogen-bond acceptors (Lipinski definition) is 4. The number of benzene rings is 2. The van der Waals surface area contributed by atoms with E-state index < -0.39 is 17.5 Å². The van der Waals surface area contributed by atoms with Gasteiger partial charge in [0, 0.05) is 42.2 Å². The largest absolute Gasteiger partial charge is 0.496 e. The second-order valence-corrected chi connectivity index (χ2v) is 6.29. The number of pyridine rings is 1. The molecule has 0 saturated carbocycles. The van der Waals surface area contributed by atoms with Crippen molar-refractivity contribution in [3.63, 3.8) is 0 Å². The Morgan fingerprint density at radius 2 is 1.80 bits per heavy atom. The normalized spacial score (nSPS) is 10.4. The van der Waals surface area contributed by atoms with Gasteiger partial charge in [0.15, 0.2) is 11.6 Å². The number of methoxy groups -OCH3 is 1. The minimum atomic E-state index is -0.877. The highest BCUT2D eigenvalue weighted by molar-refractivity contribution is 5.99. The minimum absolute atomic E-state index is 0.190. The van der Waals surface area contributed by atoms with E-state index in [1.165, 1.54) is 36.1 Å². The zero-order chi connectivity index (χ0) is 21.8. The molecule has 0 aliphatic rings. The van der Waals surface area contributed by atoms with Gasteiger partial charge < -0.3 is 19.4 Å². The Kier molecular flexibility index (Phi) is 5.96. The van der Waals surface area contributed by atoms with Crippen molar-refractivity contribution < 1.29 is 23.0 Å². The zero-order valence-electron chi connectivity index (χ0n) is 16.2. The van der Waals surface area contributed by atoms with Gasteiger partial charge in [-0.05, 0) is 36.4 Å². The number of aryl methyl sites for hydroxylation is 1. The maximum atomic E-state index is 14.1. The standard InChI is InChI=1S/C22H18F2N2O4/c1-4-21(27)25-14-6-8-18(30-19-7-5-13(23)9-17(19)24)15(10-14)16-12-26(2)22(28)11-20(16)29-3/h4-12H,1H2,2-3H3,(H,25,27). The van der Waals surface area contributed by atoms with Gasteiger partial charge in [-0.1, -0.05) is 6.58 Å². The molecule has 2 aromatic carbocycles. The number of carbonyl (C=O) groups excluding carboxylic acids is 1. The third-order valence-corrected chi connectivity index (χ3v) is 4.25. The number of hydrogen-bond donors (Lipinski definition) is 1. The molecule has 8 heteroatoms. The van der Waals surface area contributed by atoms with Crippen LogP contribution in [0.5, 0.6) is 17.2 Å². The van der Waals surface area contributed by atoms with E-state index in [9.17, 15) is 18.4 Å². The van der Waals surface area contributed by atoms with Crippen molar-refractivity contribution in [3.05, 3.63) is 83.3 Å². The highest BCUT2D eigenvalue weighted by Crippen LogP contribution is 2.39. The predicted molar refractivity (Wildman–Crippen MR) is 109 cm³/mol. The number of nitrogens with zero attached hydrogens (tertiary/aromatic N) is 1.